The van der Waals surface area contributed by atoms with Crippen molar-refractivity contribution >= 4 is 0 Å². The van der Waals surface area contributed by atoms with Gasteiger partial charge in [0, 0.05) is 32.0 Å². The Bertz CT molecular complexity index is 481. The first-order valence-corrected chi connectivity index (χ1v) is 5.52. The lowest BCUT2D eigenvalue weighted by atomic mass is 10.2. The van der Waals surface area contributed by atoms with Crippen molar-refractivity contribution in [2.24, 2.45) is 0 Å². The van der Waals surface area contributed by atoms with Crippen molar-refractivity contribution in [2.75, 3.05) is 13.1 Å². The summed E-state index contributed by atoms with van der Waals surface area (Å²) in [6.07, 6.45) is 5.58. The molecule has 0 aliphatic carbocycles. The first kappa shape index (κ1) is 9.53. The number of nitrogens with one attached hydrogen (secondary N) is 1. The van der Waals surface area contributed by atoms with E-state index < -0.39 is 0 Å². The Hall–Kier alpha value is -1.69. The number of rotatable bonds is 3. The second-order valence-electron chi connectivity index (χ2n) is 3.91. The third kappa shape index (κ3) is 1.34. The normalized spacial score (nSPS) is 16.3. The zero-order chi connectivity index (χ0) is 11.0. The van der Waals surface area contributed by atoms with Gasteiger partial charge in [-0.25, -0.2) is 9.67 Å². The molecule has 0 radical (unpaired) electrons. The predicted octanol–water partition coefficient (Wildman–Crippen LogP) is 0.306. The van der Waals surface area contributed by atoms with Gasteiger partial charge >= 0.3 is 0 Å². The van der Waals surface area contributed by atoms with E-state index in [1.54, 1.807) is 6.20 Å². The van der Waals surface area contributed by atoms with Crippen LogP contribution in [0.5, 0.6) is 0 Å². The molecule has 0 atom stereocenters. The summed E-state index contributed by atoms with van der Waals surface area (Å²) in [6.45, 7) is 4.93. The summed E-state index contributed by atoms with van der Waals surface area (Å²) in [4.78, 5) is 4.37. The fourth-order valence-corrected chi connectivity index (χ4v) is 1.92. The summed E-state index contributed by atoms with van der Waals surface area (Å²) in [5.41, 5.74) is 0.998. The second-order valence-corrected chi connectivity index (χ2v) is 3.91. The molecule has 3 heterocycles. The predicted molar refractivity (Wildman–Crippen MR) is 58.8 cm³/mol. The van der Waals surface area contributed by atoms with Crippen LogP contribution in [0, 0.1) is 0 Å². The number of hydrogen-bond acceptors (Lipinski definition) is 4. The van der Waals surface area contributed by atoms with E-state index in [1.807, 2.05) is 17.1 Å². The minimum absolute atomic E-state index is 0.416. The number of nitrogens with zero attached hydrogens (tertiary/aromatic N) is 5. The molecular weight excluding hydrogens is 204 g/mol. The maximum absolute atomic E-state index is 4.37. The Morgan fingerprint density at radius 1 is 1.50 bits per heavy atom. The van der Waals surface area contributed by atoms with Crippen LogP contribution < -0.4 is 5.32 Å². The molecule has 6 nitrogen and oxygen atoms in total. The van der Waals surface area contributed by atoms with E-state index in [1.165, 1.54) is 0 Å². The second kappa shape index (κ2) is 3.71. The van der Waals surface area contributed by atoms with Gasteiger partial charge in [-0.05, 0) is 6.92 Å². The quantitative estimate of drug-likeness (QED) is 0.805. The Balaban J connectivity index is 2.02. The molecule has 0 amide bonds. The number of imidazole rings is 1. The standard InChI is InChI=1S/C10H14N6/c1-2-15-4-3-12-10(15)9-7-13-14-16(9)8-5-11-6-8/h3-4,7-8,11H,2,5-6H2,1H3. The van der Waals surface area contributed by atoms with Crippen LogP contribution in [0.4, 0.5) is 0 Å². The molecule has 2 aromatic rings. The van der Waals surface area contributed by atoms with E-state index in [2.05, 4.69) is 32.1 Å². The van der Waals surface area contributed by atoms with Crippen molar-refractivity contribution in [3.63, 3.8) is 0 Å². The van der Waals surface area contributed by atoms with Crippen LogP contribution in [-0.4, -0.2) is 37.6 Å². The van der Waals surface area contributed by atoms with Gasteiger partial charge in [0.2, 0.25) is 0 Å². The maximum Gasteiger partial charge on any atom is 0.159 e. The van der Waals surface area contributed by atoms with Crippen molar-refractivity contribution < 1.29 is 0 Å². The summed E-state index contributed by atoms with van der Waals surface area (Å²) in [5.74, 6) is 0.944. The molecule has 2 aromatic heterocycles. The van der Waals surface area contributed by atoms with Crippen molar-refractivity contribution in [3.05, 3.63) is 18.6 Å². The molecule has 1 fully saturated rings. The molecule has 0 bridgehead atoms. The van der Waals surface area contributed by atoms with E-state index in [-0.39, 0.29) is 0 Å². The lowest BCUT2D eigenvalue weighted by Crippen LogP contribution is -2.44. The molecule has 84 valence electrons. The van der Waals surface area contributed by atoms with Gasteiger partial charge in [0.1, 0.15) is 5.69 Å². The number of hydrogen-bond donors (Lipinski definition) is 1. The van der Waals surface area contributed by atoms with Gasteiger partial charge < -0.3 is 9.88 Å². The van der Waals surface area contributed by atoms with E-state index in [0.717, 1.165) is 31.2 Å². The fraction of sp³-hybridized carbons (Fsp3) is 0.500. The highest BCUT2D eigenvalue weighted by molar-refractivity contribution is 5.48. The zero-order valence-electron chi connectivity index (χ0n) is 9.17. The molecule has 0 aromatic carbocycles. The fourth-order valence-electron chi connectivity index (χ4n) is 1.92. The van der Waals surface area contributed by atoms with Crippen LogP contribution in [0.1, 0.15) is 13.0 Å². The van der Waals surface area contributed by atoms with Gasteiger partial charge in [-0.15, -0.1) is 5.10 Å². The molecule has 0 spiro atoms. The van der Waals surface area contributed by atoms with Crippen LogP contribution in [-0.2, 0) is 6.54 Å². The highest BCUT2D eigenvalue weighted by atomic mass is 15.5. The van der Waals surface area contributed by atoms with Gasteiger partial charge in [0.25, 0.3) is 0 Å². The number of aryl methyl sites for hydroxylation is 1. The summed E-state index contributed by atoms with van der Waals surface area (Å²) in [5, 5.41) is 11.4. The van der Waals surface area contributed by atoms with Gasteiger partial charge in [0.05, 0.1) is 12.2 Å². The van der Waals surface area contributed by atoms with E-state index >= 15 is 0 Å². The van der Waals surface area contributed by atoms with Crippen molar-refractivity contribution in [3.8, 4) is 11.5 Å². The summed E-state index contributed by atoms with van der Waals surface area (Å²) >= 11 is 0. The molecule has 0 saturated carbocycles. The van der Waals surface area contributed by atoms with Crippen LogP contribution >= 0.6 is 0 Å². The van der Waals surface area contributed by atoms with Crippen LogP contribution in [0.25, 0.3) is 11.5 Å². The van der Waals surface area contributed by atoms with Crippen molar-refractivity contribution in [1.29, 1.82) is 0 Å². The topological polar surface area (TPSA) is 60.6 Å². The van der Waals surface area contributed by atoms with E-state index in [9.17, 15) is 0 Å². The van der Waals surface area contributed by atoms with Crippen LogP contribution in [0.2, 0.25) is 0 Å². The molecule has 1 aliphatic heterocycles. The molecule has 1 saturated heterocycles. The zero-order valence-corrected chi connectivity index (χ0v) is 9.17. The summed E-state index contributed by atoms with van der Waals surface area (Å²) in [7, 11) is 0. The largest absolute Gasteiger partial charge is 0.330 e. The minimum Gasteiger partial charge on any atom is -0.330 e. The smallest absolute Gasteiger partial charge is 0.159 e. The molecule has 1 N–H and O–H groups in total. The van der Waals surface area contributed by atoms with Crippen molar-refractivity contribution in [2.45, 2.75) is 19.5 Å². The summed E-state index contributed by atoms with van der Waals surface area (Å²) < 4.78 is 4.06. The third-order valence-corrected chi connectivity index (χ3v) is 2.97. The van der Waals surface area contributed by atoms with Crippen LogP contribution in [0.3, 0.4) is 0 Å². The monoisotopic (exact) mass is 218 g/mol. The average molecular weight is 218 g/mol. The molecule has 1 aliphatic rings. The lowest BCUT2D eigenvalue weighted by Gasteiger charge is -2.28. The third-order valence-electron chi connectivity index (χ3n) is 2.97. The van der Waals surface area contributed by atoms with Crippen molar-refractivity contribution in [1.82, 2.24) is 29.9 Å². The average Bonchev–Trinajstić information content (AvgIpc) is 2.81. The molecule has 16 heavy (non-hydrogen) atoms. The van der Waals surface area contributed by atoms with E-state index in [0.29, 0.717) is 6.04 Å². The minimum atomic E-state index is 0.416. The Morgan fingerprint density at radius 3 is 3.06 bits per heavy atom. The van der Waals surface area contributed by atoms with Gasteiger partial charge in [-0.1, -0.05) is 5.21 Å². The Labute approximate surface area is 93.3 Å². The Morgan fingerprint density at radius 2 is 2.38 bits per heavy atom. The summed E-state index contributed by atoms with van der Waals surface area (Å²) in [6, 6.07) is 0.416. The van der Waals surface area contributed by atoms with Gasteiger partial charge in [-0.2, -0.15) is 0 Å². The first-order chi connectivity index (χ1) is 7.90. The molecule has 0 unspecified atom stereocenters. The van der Waals surface area contributed by atoms with Gasteiger partial charge in [0.15, 0.2) is 5.82 Å². The maximum atomic E-state index is 4.37. The van der Waals surface area contributed by atoms with E-state index in [4.69, 9.17) is 0 Å². The van der Waals surface area contributed by atoms with Crippen LogP contribution in [0.15, 0.2) is 18.6 Å². The SMILES string of the molecule is CCn1ccnc1-c1cnnn1C1CNC1. The number of aromatic nitrogens is 5. The first-order valence-electron chi connectivity index (χ1n) is 5.52. The lowest BCUT2D eigenvalue weighted by molar-refractivity contribution is 0.315. The highest BCUT2D eigenvalue weighted by Crippen LogP contribution is 2.21. The molecular formula is C10H14N6. The Kier molecular flexibility index (Phi) is 2.21. The molecule has 6 heteroatoms. The molecule has 3 rings (SSSR count). The highest BCUT2D eigenvalue weighted by Gasteiger charge is 2.24. The van der Waals surface area contributed by atoms with Gasteiger partial charge in [-0.3, -0.25) is 0 Å².